The van der Waals surface area contributed by atoms with Gasteiger partial charge in [0.25, 0.3) is 5.91 Å². The fourth-order valence-electron chi connectivity index (χ4n) is 1.11. The Hall–Kier alpha value is -2.31. The summed E-state index contributed by atoms with van der Waals surface area (Å²) in [5, 5.41) is 8.65. The average molecular weight is 206 g/mol. The topological polar surface area (TPSA) is 112 Å². The van der Waals surface area contributed by atoms with Gasteiger partial charge < -0.3 is 16.0 Å². The number of H-pyrrole nitrogens is 2. The number of carbonyl (C=O) groups is 1. The van der Waals surface area contributed by atoms with E-state index in [1.54, 1.807) is 12.4 Å². The van der Waals surface area contributed by atoms with E-state index in [0.29, 0.717) is 6.54 Å². The van der Waals surface area contributed by atoms with E-state index in [-0.39, 0.29) is 17.7 Å². The average Bonchev–Trinajstić information content (AvgIpc) is 2.84. The number of aromatic amines is 2. The lowest BCUT2D eigenvalue weighted by atomic mass is 10.3. The number of nitrogens with zero attached hydrogens (tertiary/aromatic N) is 2. The molecule has 0 spiro atoms. The zero-order valence-electron chi connectivity index (χ0n) is 7.82. The third-order valence-electron chi connectivity index (χ3n) is 1.83. The molecular weight excluding hydrogens is 196 g/mol. The van der Waals surface area contributed by atoms with Gasteiger partial charge in [-0.3, -0.25) is 9.89 Å². The Balaban J connectivity index is 1.93. The molecule has 5 N–H and O–H groups in total. The van der Waals surface area contributed by atoms with Crippen LogP contribution in [0.4, 0.5) is 5.95 Å². The molecule has 0 saturated carbocycles. The van der Waals surface area contributed by atoms with E-state index in [2.05, 4.69) is 25.5 Å². The fraction of sp³-hybridized carbons (Fsp3) is 0.125. The molecule has 0 radical (unpaired) electrons. The van der Waals surface area contributed by atoms with Crippen molar-refractivity contribution in [3.8, 4) is 0 Å². The monoisotopic (exact) mass is 206 g/mol. The number of carbonyl (C=O) groups excluding carboxylic acids is 1. The minimum atomic E-state index is -0.333. The smallest absolute Gasteiger partial charge is 0.288 e. The highest BCUT2D eigenvalue weighted by Crippen LogP contribution is 1.97. The first-order valence-corrected chi connectivity index (χ1v) is 4.33. The Morgan fingerprint density at radius 2 is 2.47 bits per heavy atom. The largest absolute Gasteiger partial charge is 0.367 e. The zero-order chi connectivity index (χ0) is 10.7. The number of hydrogen-bond acceptors (Lipinski definition) is 4. The molecule has 0 atom stereocenters. The normalized spacial score (nSPS) is 10.1. The third-order valence-corrected chi connectivity index (χ3v) is 1.83. The molecule has 0 fully saturated rings. The number of anilines is 1. The molecule has 2 aromatic rings. The molecule has 78 valence electrons. The Kier molecular flexibility index (Phi) is 2.36. The predicted molar refractivity (Wildman–Crippen MR) is 52.8 cm³/mol. The van der Waals surface area contributed by atoms with Crippen LogP contribution in [0.5, 0.6) is 0 Å². The molecule has 0 unspecified atom stereocenters. The van der Waals surface area contributed by atoms with E-state index in [9.17, 15) is 4.79 Å². The van der Waals surface area contributed by atoms with Crippen molar-refractivity contribution < 1.29 is 4.79 Å². The first kappa shape index (κ1) is 9.25. The molecule has 2 heterocycles. The van der Waals surface area contributed by atoms with Crippen molar-refractivity contribution in [2.75, 3.05) is 5.73 Å². The zero-order valence-corrected chi connectivity index (χ0v) is 7.82. The second-order valence-corrected chi connectivity index (χ2v) is 2.94. The van der Waals surface area contributed by atoms with Gasteiger partial charge in [-0.1, -0.05) is 0 Å². The van der Waals surface area contributed by atoms with Crippen molar-refractivity contribution in [1.82, 2.24) is 25.5 Å². The molecule has 1 amide bonds. The third kappa shape index (κ3) is 2.13. The molecular formula is C8H10N6O. The van der Waals surface area contributed by atoms with Crippen LogP contribution in [-0.2, 0) is 6.54 Å². The molecule has 15 heavy (non-hydrogen) atoms. The summed E-state index contributed by atoms with van der Waals surface area (Å²) in [4.78, 5) is 18.0. The van der Waals surface area contributed by atoms with Gasteiger partial charge in [0.1, 0.15) is 0 Å². The number of hydrogen-bond donors (Lipinski definition) is 4. The number of aromatic nitrogens is 4. The van der Waals surface area contributed by atoms with Crippen molar-refractivity contribution in [2.24, 2.45) is 0 Å². The summed E-state index contributed by atoms with van der Waals surface area (Å²) in [6.07, 6.45) is 3.59. The maximum atomic E-state index is 11.4. The van der Waals surface area contributed by atoms with Gasteiger partial charge >= 0.3 is 0 Å². The molecule has 0 aliphatic heterocycles. The summed E-state index contributed by atoms with van der Waals surface area (Å²) >= 11 is 0. The highest BCUT2D eigenvalue weighted by atomic mass is 16.2. The minimum Gasteiger partial charge on any atom is -0.367 e. The highest BCUT2D eigenvalue weighted by Gasteiger charge is 2.09. The number of amides is 1. The van der Waals surface area contributed by atoms with Crippen LogP contribution in [0.15, 0.2) is 18.5 Å². The van der Waals surface area contributed by atoms with Crippen LogP contribution in [0.25, 0.3) is 0 Å². The van der Waals surface area contributed by atoms with E-state index in [0.717, 1.165) is 5.56 Å². The van der Waals surface area contributed by atoms with Gasteiger partial charge in [-0.05, 0) is 11.6 Å². The van der Waals surface area contributed by atoms with Crippen LogP contribution < -0.4 is 11.1 Å². The van der Waals surface area contributed by atoms with Gasteiger partial charge in [0, 0.05) is 18.9 Å². The number of nitrogens with two attached hydrogens (primary N) is 1. The van der Waals surface area contributed by atoms with Crippen molar-refractivity contribution in [1.29, 1.82) is 0 Å². The van der Waals surface area contributed by atoms with Crippen molar-refractivity contribution in [3.63, 3.8) is 0 Å². The number of nitrogen functional groups attached to an aromatic ring is 1. The molecule has 7 heteroatoms. The van der Waals surface area contributed by atoms with E-state index >= 15 is 0 Å². The Morgan fingerprint density at radius 1 is 1.60 bits per heavy atom. The van der Waals surface area contributed by atoms with Crippen LogP contribution in [0.3, 0.4) is 0 Å². The molecule has 0 aliphatic carbocycles. The molecule has 0 bridgehead atoms. The highest BCUT2D eigenvalue weighted by molar-refractivity contribution is 5.90. The maximum absolute atomic E-state index is 11.4. The molecule has 0 saturated heterocycles. The molecule has 2 rings (SSSR count). The summed E-state index contributed by atoms with van der Waals surface area (Å²) in [6, 6.07) is 1.87. The minimum absolute atomic E-state index is 0.0572. The first-order chi connectivity index (χ1) is 7.25. The van der Waals surface area contributed by atoms with Crippen LogP contribution in [0.2, 0.25) is 0 Å². The Labute approximate surface area is 85.1 Å². The van der Waals surface area contributed by atoms with E-state index in [1.165, 1.54) is 0 Å². The summed E-state index contributed by atoms with van der Waals surface area (Å²) in [7, 11) is 0. The molecule has 2 aromatic heterocycles. The standard InChI is InChI=1S/C8H10N6O/c9-8-12-6(13-14-8)7(15)11-4-5-1-2-10-3-5/h1-3,10H,4H2,(H,11,15)(H3,9,12,13,14). The van der Waals surface area contributed by atoms with E-state index in [1.807, 2.05) is 6.07 Å². The first-order valence-electron chi connectivity index (χ1n) is 4.33. The van der Waals surface area contributed by atoms with Gasteiger partial charge in [0.05, 0.1) is 0 Å². The van der Waals surface area contributed by atoms with Crippen LogP contribution in [0, 0.1) is 0 Å². The maximum Gasteiger partial charge on any atom is 0.288 e. The van der Waals surface area contributed by atoms with E-state index in [4.69, 9.17) is 5.73 Å². The Morgan fingerprint density at radius 3 is 3.07 bits per heavy atom. The van der Waals surface area contributed by atoms with Gasteiger partial charge in [0.2, 0.25) is 11.8 Å². The predicted octanol–water partition coefficient (Wildman–Crippen LogP) is -0.355. The van der Waals surface area contributed by atoms with Crippen molar-refractivity contribution >= 4 is 11.9 Å². The molecule has 7 nitrogen and oxygen atoms in total. The van der Waals surface area contributed by atoms with Crippen molar-refractivity contribution in [2.45, 2.75) is 6.54 Å². The lowest BCUT2D eigenvalue weighted by Crippen LogP contribution is -2.23. The summed E-state index contributed by atoms with van der Waals surface area (Å²) in [5.41, 5.74) is 6.25. The SMILES string of the molecule is Nc1n[nH]c(C(=O)NCc2cc[nH]c2)n1. The van der Waals surface area contributed by atoms with Gasteiger partial charge in [-0.25, -0.2) is 0 Å². The summed E-state index contributed by atoms with van der Waals surface area (Å²) in [5.74, 6) is -0.162. The van der Waals surface area contributed by atoms with Crippen molar-refractivity contribution in [3.05, 3.63) is 29.8 Å². The molecule has 0 aliphatic rings. The number of nitrogens with one attached hydrogen (secondary N) is 3. The molecule has 0 aromatic carbocycles. The summed E-state index contributed by atoms with van der Waals surface area (Å²) in [6.45, 7) is 0.433. The van der Waals surface area contributed by atoms with Crippen LogP contribution >= 0.6 is 0 Å². The quantitative estimate of drug-likeness (QED) is 0.549. The van der Waals surface area contributed by atoms with Gasteiger partial charge in [0.15, 0.2) is 0 Å². The van der Waals surface area contributed by atoms with Crippen LogP contribution in [0.1, 0.15) is 16.2 Å². The Bertz CT molecular complexity index is 445. The second-order valence-electron chi connectivity index (χ2n) is 2.94. The number of rotatable bonds is 3. The summed E-state index contributed by atoms with van der Waals surface area (Å²) < 4.78 is 0. The lowest BCUT2D eigenvalue weighted by Gasteiger charge is -1.99. The van der Waals surface area contributed by atoms with Crippen LogP contribution in [-0.4, -0.2) is 26.1 Å². The second kappa shape index (κ2) is 3.82. The van der Waals surface area contributed by atoms with Gasteiger partial charge in [-0.2, -0.15) is 4.98 Å². The fourth-order valence-corrected chi connectivity index (χ4v) is 1.11. The van der Waals surface area contributed by atoms with Gasteiger partial charge in [-0.15, -0.1) is 5.10 Å². The lowest BCUT2D eigenvalue weighted by molar-refractivity contribution is 0.0941. The van der Waals surface area contributed by atoms with E-state index < -0.39 is 0 Å².